The van der Waals surface area contributed by atoms with E-state index in [4.69, 9.17) is 23.7 Å². The van der Waals surface area contributed by atoms with Crippen molar-refractivity contribution in [1.82, 2.24) is 4.90 Å². The quantitative estimate of drug-likeness (QED) is 0.407. The summed E-state index contributed by atoms with van der Waals surface area (Å²) >= 11 is 0. The number of hydrogen-bond acceptors (Lipinski definition) is 6. The number of nitrogens with zero attached hydrogens (tertiary/aromatic N) is 1. The standard InChI is InChI=1S/C27H31NO5/c1-4-31-23-8-5-21(6-9-23)17-28(18-22-16-24(29-2)10-12-25(22)30-3)14-13-20-7-11-26-27(15-20)33-19-32-26/h5-12,15-16H,4,13-14,17-19H2,1-3H3. The number of ether oxygens (including phenoxy) is 5. The molecule has 0 aromatic heterocycles. The van der Waals surface area contributed by atoms with Crippen molar-refractivity contribution in [3.05, 3.63) is 77.4 Å². The normalized spacial score (nSPS) is 12.1. The molecule has 33 heavy (non-hydrogen) atoms. The van der Waals surface area contributed by atoms with Gasteiger partial charge in [-0.1, -0.05) is 18.2 Å². The maximum atomic E-state index is 5.62. The second kappa shape index (κ2) is 11.0. The van der Waals surface area contributed by atoms with Crippen LogP contribution >= 0.6 is 0 Å². The fraction of sp³-hybridized carbons (Fsp3) is 0.333. The molecule has 0 bridgehead atoms. The van der Waals surface area contributed by atoms with Crippen molar-refractivity contribution in [2.45, 2.75) is 26.4 Å². The lowest BCUT2D eigenvalue weighted by molar-refractivity contribution is 0.174. The molecule has 1 aliphatic heterocycles. The van der Waals surface area contributed by atoms with Crippen LogP contribution in [0.1, 0.15) is 23.6 Å². The number of fused-ring (bicyclic) bond motifs is 1. The Morgan fingerprint density at radius 2 is 1.55 bits per heavy atom. The van der Waals surface area contributed by atoms with Crippen LogP contribution in [0.3, 0.4) is 0 Å². The highest BCUT2D eigenvalue weighted by atomic mass is 16.7. The van der Waals surface area contributed by atoms with Gasteiger partial charge in [0.2, 0.25) is 6.79 Å². The Bertz CT molecular complexity index is 1050. The molecule has 3 aromatic carbocycles. The molecule has 1 heterocycles. The molecule has 4 rings (SSSR count). The van der Waals surface area contributed by atoms with Gasteiger partial charge in [0.15, 0.2) is 11.5 Å². The molecule has 0 saturated heterocycles. The molecule has 6 nitrogen and oxygen atoms in total. The van der Waals surface area contributed by atoms with Crippen molar-refractivity contribution in [3.63, 3.8) is 0 Å². The maximum Gasteiger partial charge on any atom is 0.231 e. The van der Waals surface area contributed by atoms with Crippen molar-refractivity contribution in [1.29, 1.82) is 0 Å². The third kappa shape index (κ3) is 5.90. The van der Waals surface area contributed by atoms with E-state index in [0.717, 1.165) is 60.4 Å². The highest BCUT2D eigenvalue weighted by molar-refractivity contribution is 5.44. The van der Waals surface area contributed by atoms with Gasteiger partial charge < -0.3 is 23.7 Å². The van der Waals surface area contributed by atoms with Gasteiger partial charge in [-0.3, -0.25) is 4.90 Å². The van der Waals surface area contributed by atoms with Crippen molar-refractivity contribution < 1.29 is 23.7 Å². The molecular formula is C27H31NO5. The van der Waals surface area contributed by atoms with Crippen LogP contribution < -0.4 is 23.7 Å². The Kier molecular flexibility index (Phi) is 7.58. The van der Waals surface area contributed by atoms with Crippen LogP contribution in [0.5, 0.6) is 28.7 Å². The van der Waals surface area contributed by atoms with Gasteiger partial charge in [0.1, 0.15) is 17.2 Å². The zero-order valence-electron chi connectivity index (χ0n) is 19.5. The molecule has 0 fully saturated rings. The number of methoxy groups -OCH3 is 2. The Morgan fingerprint density at radius 1 is 0.788 bits per heavy atom. The molecule has 0 atom stereocenters. The fourth-order valence-electron chi connectivity index (χ4n) is 3.96. The lowest BCUT2D eigenvalue weighted by Gasteiger charge is -2.24. The molecule has 0 aliphatic carbocycles. The van der Waals surface area contributed by atoms with Crippen molar-refractivity contribution >= 4 is 0 Å². The molecular weight excluding hydrogens is 418 g/mol. The van der Waals surface area contributed by atoms with E-state index in [2.05, 4.69) is 29.2 Å². The summed E-state index contributed by atoms with van der Waals surface area (Å²) in [6.07, 6.45) is 0.889. The third-order valence-electron chi connectivity index (χ3n) is 5.68. The lowest BCUT2D eigenvalue weighted by atomic mass is 10.1. The molecule has 0 saturated carbocycles. The van der Waals surface area contributed by atoms with Gasteiger partial charge in [0.05, 0.1) is 20.8 Å². The zero-order chi connectivity index (χ0) is 23.0. The maximum absolute atomic E-state index is 5.62. The van der Waals surface area contributed by atoms with E-state index in [0.29, 0.717) is 6.61 Å². The van der Waals surface area contributed by atoms with E-state index >= 15 is 0 Å². The van der Waals surface area contributed by atoms with Crippen LogP contribution in [0.25, 0.3) is 0 Å². The Balaban J connectivity index is 1.52. The fourth-order valence-corrected chi connectivity index (χ4v) is 3.96. The minimum Gasteiger partial charge on any atom is -0.497 e. The van der Waals surface area contributed by atoms with Gasteiger partial charge in [0, 0.05) is 25.2 Å². The number of hydrogen-bond donors (Lipinski definition) is 0. The molecule has 3 aromatic rings. The Labute approximate surface area is 195 Å². The van der Waals surface area contributed by atoms with E-state index in [1.807, 2.05) is 43.3 Å². The summed E-state index contributed by atoms with van der Waals surface area (Å²) in [6.45, 7) is 5.35. The molecule has 6 heteroatoms. The highest BCUT2D eigenvalue weighted by Gasteiger charge is 2.16. The molecule has 0 unspecified atom stereocenters. The van der Waals surface area contributed by atoms with Gasteiger partial charge >= 0.3 is 0 Å². The average molecular weight is 450 g/mol. The first-order valence-electron chi connectivity index (χ1n) is 11.2. The average Bonchev–Trinajstić information content (AvgIpc) is 3.32. The Hall–Kier alpha value is -3.38. The van der Waals surface area contributed by atoms with E-state index in [9.17, 15) is 0 Å². The smallest absolute Gasteiger partial charge is 0.231 e. The van der Waals surface area contributed by atoms with E-state index < -0.39 is 0 Å². The first-order valence-corrected chi connectivity index (χ1v) is 11.2. The van der Waals surface area contributed by atoms with Crippen LogP contribution in [0.15, 0.2) is 60.7 Å². The van der Waals surface area contributed by atoms with Crippen LogP contribution in [0, 0.1) is 0 Å². The minimum atomic E-state index is 0.290. The SMILES string of the molecule is CCOc1ccc(CN(CCc2ccc3c(c2)OCO3)Cc2cc(OC)ccc2OC)cc1. The molecule has 0 radical (unpaired) electrons. The molecule has 174 valence electrons. The first-order chi connectivity index (χ1) is 16.2. The second-order valence-corrected chi connectivity index (χ2v) is 7.90. The molecule has 0 N–H and O–H groups in total. The third-order valence-corrected chi connectivity index (χ3v) is 5.68. The summed E-state index contributed by atoms with van der Waals surface area (Å²) in [5.74, 6) is 4.20. The van der Waals surface area contributed by atoms with E-state index in [1.165, 1.54) is 11.1 Å². The summed E-state index contributed by atoms with van der Waals surface area (Å²) in [5, 5.41) is 0. The van der Waals surface area contributed by atoms with Gasteiger partial charge in [0.25, 0.3) is 0 Å². The van der Waals surface area contributed by atoms with Gasteiger partial charge in [-0.2, -0.15) is 0 Å². The predicted octanol–water partition coefficient (Wildman–Crippen LogP) is 5.08. The van der Waals surface area contributed by atoms with Crippen molar-refractivity contribution in [2.75, 3.05) is 34.2 Å². The van der Waals surface area contributed by atoms with E-state index in [1.54, 1.807) is 14.2 Å². The minimum absolute atomic E-state index is 0.290. The first kappa shape index (κ1) is 22.8. The summed E-state index contributed by atoms with van der Waals surface area (Å²) in [7, 11) is 3.39. The molecule has 0 spiro atoms. The monoisotopic (exact) mass is 449 g/mol. The topological polar surface area (TPSA) is 49.4 Å². The number of benzene rings is 3. The van der Waals surface area contributed by atoms with Gasteiger partial charge in [-0.05, 0) is 66.9 Å². The summed E-state index contributed by atoms with van der Waals surface area (Å²) < 4.78 is 27.7. The van der Waals surface area contributed by atoms with Crippen molar-refractivity contribution in [3.8, 4) is 28.7 Å². The van der Waals surface area contributed by atoms with Crippen LogP contribution in [0.2, 0.25) is 0 Å². The second-order valence-electron chi connectivity index (χ2n) is 7.90. The van der Waals surface area contributed by atoms with Crippen molar-refractivity contribution in [2.24, 2.45) is 0 Å². The van der Waals surface area contributed by atoms with E-state index in [-0.39, 0.29) is 6.79 Å². The zero-order valence-corrected chi connectivity index (χ0v) is 19.5. The van der Waals surface area contributed by atoms with Gasteiger partial charge in [-0.25, -0.2) is 0 Å². The van der Waals surface area contributed by atoms with Crippen LogP contribution in [0.4, 0.5) is 0 Å². The molecule has 0 amide bonds. The Morgan fingerprint density at radius 3 is 2.30 bits per heavy atom. The number of rotatable bonds is 11. The summed E-state index contributed by atoms with van der Waals surface area (Å²) in [4.78, 5) is 2.41. The predicted molar refractivity (Wildman–Crippen MR) is 128 cm³/mol. The highest BCUT2D eigenvalue weighted by Crippen LogP contribution is 2.33. The van der Waals surface area contributed by atoms with Crippen LogP contribution in [-0.4, -0.2) is 39.1 Å². The summed E-state index contributed by atoms with van der Waals surface area (Å²) in [6, 6.07) is 20.4. The lowest BCUT2D eigenvalue weighted by Crippen LogP contribution is -2.25. The van der Waals surface area contributed by atoms with Gasteiger partial charge in [-0.15, -0.1) is 0 Å². The molecule has 1 aliphatic rings. The summed E-state index contributed by atoms with van der Waals surface area (Å²) in [5.41, 5.74) is 3.54. The van der Waals surface area contributed by atoms with Crippen LogP contribution in [-0.2, 0) is 19.5 Å². The largest absolute Gasteiger partial charge is 0.497 e.